The van der Waals surface area contributed by atoms with E-state index in [0.29, 0.717) is 31.0 Å². The first kappa shape index (κ1) is 19.8. The van der Waals surface area contributed by atoms with E-state index in [1.54, 1.807) is 0 Å². The number of benzene rings is 2. The lowest BCUT2D eigenvalue weighted by Crippen LogP contribution is -2.44. The summed E-state index contributed by atoms with van der Waals surface area (Å²) in [6, 6.07) is 17.0. The number of carbonyl (C=O) groups excluding carboxylic acids is 2. The topological polar surface area (TPSA) is 49.4 Å². The van der Waals surface area contributed by atoms with Gasteiger partial charge in [-0.2, -0.15) is 0 Å². The maximum Gasteiger partial charge on any atom is 0.235 e. The third-order valence-electron chi connectivity index (χ3n) is 4.69. The fourth-order valence-corrected chi connectivity index (χ4v) is 4.23. The molecule has 2 aromatic rings. The second-order valence-corrected chi connectivity index (χ2v) is 8.52. The van der Waals surface area contributed by atoms with Crippen molar-refractivity contribution in [3.05, 3.63) is 59.6 Å². The van der Waals surface area contributed by atoms with Gasteiger partial charge in [-0.1, -0.05) is 29.8 Å². The molecule has 4 nitrogen and oxygen atoms in total. The zero-order valence-corrected chi connectivity index (χ0v) is 16.8. The molecule has 1 heterocycles. The molecule has 0 aromatic heterocycles. The molecule has 1 aliphatic rings. The summed E-state index contributed by atoms with van der Waals surface area (Å²) in [6.07, 6.45) is 1.39. The van der Waals surface area contributed by atoms with Crippen LogP contribution in [0.25, 0.3) is 0 Å². The number of nitrogens with one attached hydrogen (secondary N) is 1. The molecule has 0 aliphatic carbocycles. The number of hydrogen-bond donors (Lipinski definition) is 1. The van der Waals surface area contributed by atoms with Crippen molar-refractivity contribution < 1.29 is 9.59 Å². The number of piperidine rings is 1. The van der Waals surface area contributed by atoms with Gasteiger partial charge in [-0.25, -0.2) is 0 Å². The first-order valence-electron chi connectivity index (χ1n) is 9.10. The number of thioether (sulfide) groups is 1. The van der Waals surface area contributed by atoms with E-state index in [1.807, 2.05) is 66.4 Å². The van der Waals surface area contributed by atoms with Gasteiger partial charge >= 0.3 is 0 Å². The van der Waals surface area contributed by atoms with E-state index in [9.17, 15) is 9.59 Å². The fourth-order valence-electron chi connectivity index (χ4n) is 3.15. The lowest BCUT2D eigenvalue weighted by Gasteiger charge is -2.33. The molecule has 0 spiro atoms. The standard InChI is InChI=1S/C21H23ClN2O2S/c1-15(27-19-9-7-17(22)8-10-19)21(26)24-13-11-16(12-14-24)20(25)23-18-5-3-2-4-6-18/h2-10,15-16H,11-14H2,1H3,(H,23,25). The van der Waals surface area contributed by atoms with Crippen molar-refractivity contribution in [1.82, 2.24) is 4.90 Å². The normalized spacial score (nSPS) is 16.0. The maximum absolute atomic E-state index is 12.7. The molecule has 0 saturated carbocycles. The van der Waals surface area contributed by atoms with Gasteiger partial charge in [-0.3, -0.25) is 9.59 Å². The van der Waals surface area contributed by atoms with Gasteiger partial charge in [0.05, 0.1) is 5.25 Å². The second-order valence-electron chi connectivity index (χ2n) is 6.67. The summed E-state index contributed by atoms with van der Waals surface area (Å²) in [5.74, 6) is 0.113. The molecule has 3 rings (SSSR count). The summed E-state index contributed by atoms with van der Waals surface area (Å²) in [4.78, 5) is 28.0. The maximum atomic E-state index is 12.7. The van der Waals surface area contributed by atoms with Crippen LogP contribution in [-0.4, -0.2) is 35.1 Å². The number of carbonyl (C=O) groups is 2. The Morgan fingerprint density at radius 3 is 2.33 bits per heavy atom. The molecular formula is C21H23ClN2O2S. The Balaban J connectivity index is 1.48. The Labute approximate surface area is 169 Å². The quantitative estimate of drug-likeness (QED) is 0.737. The van der Waals surface area contributed by atoms with Crippen molar-refractivity contribution in [1.29, 1.82) is 0 Å². The van der Waals surface area contributed by atoms with Crippen molar-refractivity contribution >= 4 is 40.9 Å². The summed E-state index contributed by atoms with van der Waals surface area (Å²) in [5, 5.41) is 3.48. The highest BCUT2D eigenvalue weighted by molar-refractivity contribution is 8.00. The molecule has 1 fully saturated rings. The first-order valence-corrected chi connectivity index (χ1v) is 10.4. The van der Waals surface area contributed by atoms with Crippen LogP contribution < -0.4 is 5.32 Å². The molecule has 1 atom stereocenters. The van der Waals surface area contributed by atoms with Gasteiger partial charge in [0, 0.05) is 34.6 Å². The van der Waals surface area contributed by atoms with Crippen LogP contribution in [0.1, 0.15) is 19.8 Å². The number of anilines is 1. The summed E-state index contributed by atoms with van der Waals surface area (Å²) >= 11 is 7.44. The third-order valence-corrected chi connectivity index (χ3v) is 6.04. The molecule has 0 bridgehead atoms. The van der Waals surface area contributed by atoms with E-state index in [2.05, 4.69) is 5.32 Å². The van der Waals surface area contributed by atoms with Crippen LogP contribution in [0.15, 0.2) is 59.5 Å². The Kier molecular flexibility index (Phi) is 6.80. The van der Waals surface area contributed by atoms with E-state index >= 15 is 0 Å². The monoisotopic (exact) mass is 402 g/mol. The van der Waals surface area contributed by atoms with Gasteiger partial charge in [0.1, 0.15) is 0 Å². The molecule has 1 saturated heterocycles. The number of nitrogens with zero attached hydrogens (tertiary/aromatic N) is 1. The predicted molar refractivity (Wildman–Crippen MR) is 111 cm³/mol. The van der Waals surface area contributed by atoms with Crippen LogP contribution in [-0.2, 0) is 9.59 Å². The highest BCUT2D eigenvalue weighted by Gasteiger charge is 2.29. The predicted octanol–water partition coefficient (Wildman–Crippen LogP) is 4.70. The van der Waals surface area contributed by atoms with Crippen LogP contribution in [0.3, 0.4) is 0 Å². The lowest BCUT2D eigenvalue weighted by atomic mass is 9.95. The zero-order chi connectivity index (χ0) is 19.2. The largest absolute Gasteiger partial charge is 0.342 e. The van der Waals surface area contributed by atoms with E-state index in [0.717, 1.165) is 10.6 Å². The molecule has 27 heavy (non-hydrogen) atoms. The van der Waals surface area contributed by atoms with E-state index in [1.165, 1.54) is 11.8 Å². The van der Waals surface area contributed by atoms with Crippen molar-refractivity contribution in [2.45, 2.75) is 29.9 Å². The Morgan fingerprint density at radius 1 is 1.07 bits per heavy atom. The molecule has 142 valence electrons. The Bertz CT molecular complexity index is 775. The highest BCUT2D eigenvalue weighted by atomic mass is 35.5. The number of likely N-dealkylation sites (tertiary alicyclic amines) is 1. The molecular weight excluding hydrogens is 380 g/mol. The molecule has 0 radical (unpaired) electrons. The highest BCUT2D eigenvalue weighted by Crippen LogP contribution is 2.27. The lowest BCUT2D eigenvalue weighted by molar-refractivity contribution is -0.133. The molecule has 2 aromatic carbocycles. The Hall–Kier alpha value is -1.98. The van der Waals surface area contributed by atoms with Crippen LogP contribution in [0, 0.1) is 5.92 Å². The number of rotatable bonds is 5. The fraction of sp³-hybridized carbons (Fsp3) is 0.333. The van der Waals surface area contributed by atoms with Crippen molar-refractivity contribution in [3.63, 3.8) is 0 Å². The van der Waals surface area contributed by atoms with Gasteiger partial charge in [0.25, 0.3) is 0 Å². The number of halogens is 1. The summed E-state index contributed by atoms with van der Waals surface area (Å²) in [5.41, 5.74) is 0.814. The summed E-state index contributed by atoms with van der Waals surface area (Å²) in [6.45, 7) is 3.17. The van der Waals surface area contributed by atoms with Crippen LogP contribution in [0.2, 0.25) is 5.02 Å². The van der Waals surface area contributed by atoms with E-state index < -0.39 is 0 Å². The van der Waals surface area contributed by atoms with Crippen molar-refractivity contribution in [3.8, 4) is 0 Å². The minimum atomic E-state index is -0.166. The number of para-hydroxylation sites is 1. The van der Waals surface area contributed by atoms with Gasteiger partial charge < -0.3 is 10.2 Å². The van der Waals surface area contributed by atoms with Gasteiger partial charge in [-0.15, -0.1) is 11.8 Å². The average Bonchev–Trinajstić information content (AvgIpc) is 2.70. The van der Waals surface area contributed by atoms with Crippen LogP contribution in [0.4, 0.5) is 5.69 Å². The first-order chi connectivity index (χ1) is 13.0. The van der Waals surface area contributed by atoms with Crippen molar-refractivity contribution in [2.75, 3.05) is 18.4 Å². The van der Waals surface area contributed by atoms with Gasteiger partial charge in [0.2, 0.25) is 11.8 Å². The average molecular weight is 403 g/mol. The molecule has 1 N–H and O–H groups in total. The number of amides is 2. The summed E-state index contributed by atoms with van der Waals surface area (Å²) in [7, 11) is 0. The Morgan fingerprint density at radius 2 is 1.70 bits per heavy atom. The molecule has 2 amide bonds. The minimum absolute atomic E-state index is 0.0388. The minimum Gasteiger partial charge on any atom is -0.342 e. The molecule has 1 unspecified atom stereocenters. The van der Waals surface area contributed by atoms with Gasteiger partial charge in [0.15, 0.2) is 0 Å². The molecule has 6 heteroatoms. The van der Waals surface area contributed by atoms with E-state index in [4.69, 9.17) is 11.6 Å². The third kappa shape index (κ3) is 5.50. The van der Waals surface area contributed by atoms with E-state index in [-0.39, 0.29) is 23.0 Å². The van der Waals surface area contributed by atoms with Gasteiger partial charge in [-0.05, 0) is 56.2 Å². The molecule has 1 aliphatic heterocycles. The van der Waals surface area contributed by atoms with Crippen LogP contribution in [0.5, 0.6) is 0 Å². The van der Waals surface area contributed by atoms with Crippen LogP contribution >= 0.6 is 23.4 Å². The van der Waals surface area contributed by atoms with Crippen molar-refractivity contribution in [2.24, 2.45) is 5.92 Å². The smallest absolute Gasteiger partial charge is 0.235 e. The number of hydrogen-bond acceptors (Lipinski definition) is 3. The zero-order valence-electron chi connectivity index (χ0n) is 15.2. The SMILES string of the molecule is CC(Sc1ccc(Cl)cc1)C(=O)N1CCC(C(=O)Nc2ccccc2)CC1. The summed E-state index contributed by atoms with van der Waals surface area (Å²) < 4.78 is 0. The second kappa shape index (κ2) is 9.29.